The number of aromatic amines is 1. The maximum Gasteiger partial charge on any atom is 0.337 e. The van der Waals surface area contributed by atoms with Gasteiger partial charge in [-0.1, -0.05) is 31.0 Å². The minimum Gasteiger partial charge on any atom is -0.465 e. The number of methoxy groups -OCH3 is 1. The Morgan fingerprint density at radius 3 is 2.89 bits per heavy atom. The highest BCUT2D eigenvalue weighted by Crippen LogP contribution is 2.33. The van der Waals surface area contributed by atoms with E-state index in [0.717, 1.165) is 12.8 Å². The highest BCUT2D eigenvalue weighted by Gasteiger charge is 2.21. The number of benzene rings is 1. The third kappa shape index (κ3) is 3.94. The van der Waals surface area contributed by atoms with E-state index in [1.807, 2.05) is 0 Å². The Balaban J connectivity index is 1.50. The van der Waals surface area contributed by atoms with E-state index < -0.39 is 5.97 Å². The number of fused-ring (bicyclic) bond motifs is 1. The van der Waals surface area contributed by atoms with Crippen molar-refractivity contribution < 1.29 is 13.9 Å². The molecule has 1 aliphatic rings. The highest BCUT2D eigenvalue weighted by molar-refractivity contribution is 7.98. The topological polar surface area (TPSA) is 111 Å². The van der Waals surface area contributed by atoms with Gasteiger partial charge in [0.05, 0.1) is 29.3 Å². The fourth-order valence-electron chi connectivity index (χ4n) is 3.42. The number of carbonyl (C=O) groups excluding carboxylic acids is 1. The van der Waals surface area contributed by atoms with E-state index in [1.165, 1.54) is 38.1 Å². The van der Waals surface area contributed by atoms with Crippen molar-refractivity contribution in [3.05, 3.63) is 45.8 Å². The molecule has 9 heteroatoms. The second kappa shape index (κ2) is 8.14. The van der Waals surface area contributed by atoms with Gasteiger partial charge in [-0.2, -0.15) is 0 Å². The molecule has 2 heterocycles. The van der Waals surface area contributed by atoms with Gasteiger partial charge >= 0.3 is 5.97 Å². The van der Waals surface area contributed by atoms with Crippen LogP contribution in [0.3, 0.4) is 0 Å². The van der Waals surface area contributed by atoms with Crippen molar-refractivity contribution in [2.24, 2.45) is 0 Å². The van der Waals surface area contributed by atoms with Crippen LogP contribution in [0, 0.1) is 0 Å². The summed E-state index contributed by atoms with van der Waals surface area (Å²) < 4.78 is 10.5. The molecule has 146 valence electrons. The smallest absolute Gasteiger partial charge is 0.337 e. The summed E-state index contributed by atoms with van der Waals surface area (Å²) in [6.45, 7) is 0. The second-order valence-corrected chi connectivity index (χ2v) is 7.69. The normalized spacial score (nSPS) is 15.0. The number of rotatable bonds is 5. The number of hydrogen-bond acceptors (Lipinski definition) is 8. The van der Waals surface area contributed by atoms with Crippen LogP contribution in [0.15, 0.2) is 32.6 Å². The SMILES string of the molecule is COC(=O)c1ccc2c(=O)[nH]c(CSc3nnc(C4CCCCC4)o3)nc2c1. The van der Waals surface area contributed by atoms with Gasteiger partial charge in [-0.25, -0.2) is 9.78 Å². The summed E-state index contributed by atoms with van der Waals surface area (Å²) >= 11 is 1.33. The lowest BCUT2D eigenvalue weighted by Crippen LogP contribution is -2.12. The molecule has 2 aromatic heterocycles. The van der Waals surface area contributed by atoms with Crippen LogP contribution in [0.2, 0.25) is 0 Å². The molecule has 1 N–H and O–H groups in total. The van der Waals surface area contributed by atoms with E-state index in [4.69, 9.17) is 9.15 Å². The van der Waals surface area contributed by atoms with E-state index in [0.29, 0.717) is 45.1 Å². The monoisotopic (exact) mass is 400 g/mol. The number of carbonyl (C=O) groups is 1. The van der Waals surface area contributed by atoms with Crippen molar-refractivity contribution in [2.45, 2.75) is 49.0 Å². The second-order valence-electron chi connectivity index (χ2n) is 6.77. The summed E-state index contributed by atoms with van der Waals surface area (Å²) in [5.74, 6) is 1.43. The molecule has 1 aromatic carbocycles. The van der Waals surface area contributed by atoms with Crippen LogP contribution in [-0.2, 0) is 10.5 Å². The fraction of sp³-hybridized carbons (Fsp3) is 0.421. The zero-order valence-corrected chi connectivity index (χ0v) is 16.3. The number of nitrogens with one attached hydrogen (secondary N) is 1. The molecule has 3 aromatic rings. The third-order valence-corrected chi connectivity index (χ3v) is 5.72. The number of thioether (sulfide) groups is 1. The summed E-state index contributed by atoms with van der Waals surface area (Å²) in [6, 6.07) is 4.67. The van der Waals surface area contributed by atoms with Crippen LogP contribution in [0.1, 0.15) is 60.1 Å². The molecule has 0 saturated heterocycles. The Hall–Kier alpha value is -2.68. The van der Waals surface area contributed by atoms with Gasteiger partial charge in [-0.05, 0) is 31.0 Å². The molecule has 1 fully saturated rings. The Morgan fingerprint density at radius 2 is 2.11 bits per heavy atom. The van der Waals surface area contributed by atoms with E-state index in [9.17, 15) is 9.59 Å². The first-order valence-corrected chi connectivity index (χ1v) is 10.2. The molecule has 0 radical (unpaired) electrons. The van der Waals surface area contributed by atoms with E-state index in [1.54, 1.807) is 18.2 Å². The lowest BCUT2D eigenvalue weighted by Gasteiger charge is -2.17. The molecule has 1 saturated carbocycles. The Kier molecular flexibility index (Phi) is 5.43. The highest BCUT2D eigenvalue weighted by atomic mass is 32.2. The molecule has 28 heavy (non-hydrogen) atoms. The van der Waals surface area contributed by atoms with Gasteiger partial charge in [0.25, 0.3) is 10.8 Å². The van der Waals surface area contributed by atoms with Crippen molar-refractivity contribution in [1.82, 2.24) is 20.2 Å². The van der Waals surface area contributed by atoms with Gasteiger partial charge in [-0.3, -0.25) is 4.79 Å². The van der Waals surface area contributed by atoms with Crippen LogP contribution >= 0.6 is 11.8 Å². The first-order valence-electron chi connectivity index (χ1n) is 9.21. The molecule has 1 aliphatic carbocycles. The number of nitrogens with zero attached hydrogens (tertiary/aromatic N) is 3. The minimum atomic E-state index is -0.471. The minimum absolute atomic E-state index is 0.259. The molecule has 0 aliphatic heterocycles. The van der Waals surface area contributed by atoms with Crippen molar-refractivity contribution >= 4 is 28.6 Å². The van der Waals surface area contributed by atoms with Gasteiger partial charge < -0.3 is 14.1 Å². The van der Waals surface area contributed by atoms with E-state index >= 15 is 0 Å². The Bertz CT molecular complexity index is 1060. The molecule has 0 bridgehead atoms. The van der Waals surface area contributed by atoms with Crippen LogP contribution < -0.4 is 5.56 Å². The molecule has 8 nitrogen and oxygen atoms in total. The number of hydrogen-bond donors (Lipinski definition) is 1. The van der Waals surface area contributed by atoms with Crippen molar-refractivity contribution in [3.63, 3.8) is 0 Å². The number of ether oxygens (including phenoxy) is 1. The predicted octanol–water partition coefficient (Wildman–Crippen LogP) is 3.43. The summed E-state index contributed by atoms with van der Waals surface area (Å²) in [4.78, 5) is 31.2. The molecule has 0 atom stereocenters. The lowest BCUT2D eigenvalue weighted by molar-refractivity contribution is 0.0601. The number of esters is 1. The predicted molar refractivity (Wildman–Crippen MR) is 103 cm³/mol. The number of aromatic nitrogens is 4. The summed E-state index contributed by atoms with van der Waals surface area (Å²) in [6.07, 6.45) is 5.85. The summed E-state index contributed by atoms with van der Waals surface area (Å²) in [5.41, 5.74) is 0.529. The Morgan fingerprint density at radius 1 is 1.29 bits per heavy atom. The average Bonchev–Trinajstić information content (AvgIpc) is 3.21. The van der Waals surface area contributed by atoms with Crippen LogP contribution in [0.5, 0.6) is 0 Å². The maximum absolute atomic E-state index is 12.3. The van der Waals surface area contributed by atoms with E-state index in [2.05, 4.69) is 20.2 Å². The van der Waals surface area contributed by atoms with Gasteiger partial charge in [0.1, 0.15) is 5.82 Å². The van der Waals surface area contributed by atoms with Gasteiger partial charge in [0, 0.05) is 5.92 Å². The summed E-state index contributed by atoms with van der Waals surface area (Å²) in [5, 5.41) is 9.16. The summed E-state index contributed by atoms with van der Waals surface area (Å²) in [7, 11) is 1.31. The molecule has 0 unspecified atom stereocenters. The molecular formula is C19H20N4O4S. The largest absolute Gasteiger partial charge is 0.465 e. The van der Waals surface area contributed by atoms with Gasteiger partial charge in [-0.15, -0.1) is 10.2 Å². The van der Waals surface area contributed by atoms with Gasteiger partial charge in [0.15, 0.2) is 0 Å². The maximum atomic E-state index is 12.3. The van der Waals surface area contributed by atoms with Gasteiger partial charge in [0.2, 0.25) is 5.89 Å². The average molecular weight is 400 g/mol. The lowest BCUT2D eigenvalue weighted by atomic mass is 9.89. The van der Waals surface area contributed by atoms with Crippen LogP contribution in [-0.4, -0.2) is 33.2 Å². The zero-order chi connectivity index (χ0) is 19.5. The van der Waals surface area contributed by atoms with Crippen LogP contribution in [0.25, 0.3) is 10.9 Å². The Labute approximate surface area is 165 Å². The van der Waals surface area contributed by atoms with Crippen molar-refractivity contribution in [2.75, 3.05) is 7.11 Å². The fourth-order valence-corrected chi connectivity index (χ4v) is 4.06. The zero-order valence-electron chi connectivity index (χ0n) is 15.4. The van der Waals surface area contributed by atoms with Crippen molar-refractivity contribution in [3.8, 4) is 0 Å². The standard InChI is InChI=1S/C19H20N4O4S/c1-26-18(25)12-7-8-13-14(9-12)20-15(21-16(13)24)10-28-19-23-22-17(27-19)11-5-3-2-4-6-11/h7-9,11H,2-6,10H2,1H3,(H,20,21,24). The quantitative estimate of drug-likeness (QED) is 0.512. The molecule has 0 amide bonds. The first kappa shape index (κ1) is 18.7. The van der Waals surface area contributed by atoms with E-state index in [-0.39, 0.29) is 5.56 Å². The third-order valence-electron chi connectivity index (χ3n) is 4.89. The van der Waals surface area contributed by atoms with Crippen LogP contribution in [0.4, 0.5) is 0 Å². The first-order chi connectivity index (χ1) is 13.6. The molecule has 0 spiro atoms. The number of H-pyrrole nitrogens is 1. The molecular weight excluding hydrogens is 380 g/mol. The molecule has 4 rings (SSSR count). The van der Waals surface area contributed by atoms with Crippen molar-refractivity contribution in [1.29, 1.82) is 0 Å².